The number of benzene rings is 1. The Hall–Kier alpha value is -3.56. The van der Waals surface area contributed by atoms with Crippen LogP contribution in [0, 0.1) is 0 Å². The lowest BCUT2D eigenvalue weighted by atomic mass is 10.2. The molecule has 0 atom stereocenters. The number of ketones is 1. The average Bonchev–Trinajstić information content (AvgIpc) is 3.34. The molecule has 0 radical (unpaired) electrons. The Labute approximate surface area is 168 Å². The van der Waals surface area contributed by atoms with Crippen molar-refractivity contribution in [2.75, 3.05) is 0 Å². The van der Waals surface area contributed by atoms with Crippen molar-refractivity contribution in [3.63, 3.8) is 0 Å². The van der Waals surface area contributed by atoms with Gasteiger partial charge < -0.3 is 8.98 Å². The number of aromatic nitrogens is 2. The van der Waals surface area contributed by atoms with Crippen LogP contribution in [0.25, 0.3) is 5.31 Å². The molecule has 29 heavy (non-hydrogen) atoms. The normalized spacial score (nSPS) is 11.9. The highest BCUT2D eigenvalue weighted by molar-refractivity contribution is 7.87. The van der Waals surface area contributed by atoms with Crippen LogP contribution in [0.4, 0.5) is 0 Å². The first-order valence-electron chi connectivity index (χ1n) is 8.98. The predicted octanol–water partition coefficient (Wildman–Crippen LogP) is 4.31. The zero-order chi connectivity index (χ0) is 20.1. The lowest BCUT2D eigenvalue weighted by Gasteiger charge is -2.21. The van der Waals surface area contributed by atoms with Gasteiger partial charge in [-0.1, -0.05) is 42.5 Å². The molecule has 142 valence electrons. The third kappa shape index (κ3) is 3.73. The highest BCUT2D eigenvalue weighted by Gasteiger charge is 2.36. The molecule has 0 bridgehead atoms. The lowest BCUT2D eigenvalue weighted by Crippen LogP contribution is -2.22. The number of allylic oxidation sites excluding steroid dienone is 1. The smallest absolute Gasteiger partial charge is 0.221 e. The molecule has 1 aromatic carbocycles. The molecule has 5 nitrogen and oxygen atoms in total. The molecule has 4 rings (SSSR count). The van der Waals surface area contributed by atoms with Crippen LogP contribution in [0.2, 0.25) is 0 Å². The summed E-state index contributed by atoms with van der Waals surface area (Å²) in [6.07, 6.45) is 5.97. The molecule has 3 aromatic heterocycles. The van der Waals surface area contributed by atoms with Crippen LogP contribution in [0.15, 0.2) is 108 Å². The highest BCUT2D eigenvalue weighted by Crippen LogP contribution is 2.55. The van der Waals surface area contributed by atoms with Gasteiger partial charge in [0.2, 0.25) is 12.9 Å². The number of hydrogen-bond donors (Lipinski definition) is 0. The van der Waals surface area contributed by atoms with Crippen LogP contribution in [0.3, 0.4) is 0 Å². The van der Waals surface area contributed by atoms with Crippen molar-refractivity contribution in [3.05, 3.63) is 115 Å². The summed E-state index contributed by atoms with van der Waals surface area (Å²) in [6.45, 7) is 0. The van der Waals surface area contributed by atoms with Crippen molar-refractivity contribution in [3.8, 4) is 0 Å². The van der Waals surface area contributed by atoms with Crippen LogP contribution >= 0.6 is 7.14 Å². The van der Waals surface area contributed by atoms with Gasteiger partial charge in [0, 0.05) is 23.8 Å². The summed E-state index contributed by atoms with van der Waals surface area (Å²) < 4.78 is 19.9. The molecule has 0 N–H and O–H groups in total. The van der Waals surface area contributed by atoms with Gasteiger partial charge in [-0.05, 0) is 42.0 Å². The third-order valence-corrected chi connectivity index (χ3v) is 7.27. The van der Waals surface area contributed by atoms with E-state index in [1.807, 2.05) is 30.3 Å². The van der Waals surface area contributed by atoms with Gasteiger partial charge in [-0.15, -0.1) is 0 Å². The molecule has 0 saturated carbocycles. The molecule has 0 fully saturated rings. The Balaban J connectivity index is 2.00. The van der Waals surface area contributed by atoms with Gasteiger partial charge in [0.15, 0.2) is 5.76 Å². The fourth-order valence-corrected chi connectivity index (χ4v) is 5.61. The summed E-state index contributed by atoms with van der Waals surface area (Å²) in [7, 11) is -3.54. The lowest BCUT2D eigenvalue weighted by molar-refractivity contribution is 0.102. The number of carbonyl (C=O) groups excluding carboxylic acids is 1. The molecule has 0 spiro atoms. The monoisotopic (exact) mass is 400 g/mol. The van der Waals surface area contributed by atoms with Gasteiger partial charge in [0.25, 0.3) is 0 Å². The van der Waals surface area contributed by atoms with Crippen molar-refractivity contribution in [2.24, 2.45) is 0 Å². The second kappa shape index (κ2) is 8.21. The van der Waals surface area contributed by atoms with Gasteiger partial charge in [0.05, 0.1) is 6.26 Å². The van der Waals surface area contributed by atoms with E-state index >= 15 is 0 Å². The SMILES string of the molecule is O=C(/C=C(\c1ccccc1)P(=O)(c1ccccn1)c1ccccn1)c1ccco1. The molecule has 0 unspecified atom stereocenters. The molecule has 0 aliphatic carbocycles. The maximum Gasteiger partial charge on any atom is 0.221 e. The van der Waals surface area contributed by atoms with E-state index in [2.05, 4.69) is 9.97 Å². The van der Waals surface area contributed by atoms with Crippen molar-refractivity contribution >= 4 is 29.1 Å². The molecule has 4 aromatic rings. The molecule has 0 saturated heterocycles. The predicted molar refractivity (Wildman–Crippen MR) is 113 cm³/mol. The van der Waals surface area contributed by atoms with Crippen LogP contribution in [0.5, 0.6) is 0 Å². The average molecular weight is 400 g/mol. The second-order valence-corrected chi connectivity index (χ2v) is 8.84. The van der Waals surface area contributed by atoms with Gasteiger partial charge in [-0.2, -0.15) is 0 Å². The minimum atomic E-state index is -3.54. The van der Waals surface area contributed by atoms with E-state index in [1.165, 1.54) is 12.3 Å². The number of hydrogen-bond acceptors (Lipinski definition) is 5. The van der Waals surface area contributed by atoms with E-state index in [4.69, 9.17) is 4.42 Å². The topological polar surface area (TPSA) is 73.1 Å². The van der Waals surface area contributed by atoms with E-state index in [0.717, 1.165) is 0 Å². The largest absolute Gasteiger partial charge is 0.461 e. The fourth-order valence-electron chi connectivity index (χ4n) is 3.02. The molecule has 3 heterocycles. The van der Waals surface area contributed by atoms with Gasteiger partial charge in [0.1, 0.15) is 10.9 Å². The molecular weight excluding hydrogens is 383 g/mol. The first kappa shape index (κ1) is 18.8. The standard InChI is InChI=1S/C23H17N2O3P/c26-19(20-11-8-16-28-20)17-21(18-9-2-1-3-10-18)29(27,22-12-4-6-14-24-22)23-13-5-7-15-25-23/h1-17H/b21-17+. The van der Waals surface area contributed by atoms with E-state index in [0.29, 0.717) is 21.7 Å². The Morgan fingerprint density at radius 1 is 0.793 bits per heavy atom. The van der Waals surface area contributed by atoms with Gasteiger partial charge in [-0.25, -0.2) is 0 Å². The number of furan rings is 1. The maximum absolute atomic E-state index is 14.6. The van der Waals surface area contributed by atoms with Crippen molar-refractivity contribution in [1.82, 2.24) is 9.97 Å². The quantitative estimate of drug-likeness (QED) is 0.274. The van der Waals surface area contributed by atoms with E-state index in [1.54, 1.807) is 60.9 Å². The zero-order valence-corrected chi connectivity index (χ0v) is 16.3. The Kier molecular flexibility index (Phi) is 5.32. The van der Waals surface area contributed by atoms with Crippen molar-refractivity contribution in [2.45, 2.75) is 0 Å². The van der Waals surface area contributed by atoms with E-state index in [9.17, 15) is 9.36 Å². The first-order valence-corrected chi connectivity index (χ1v) is 10.7. The van der Waals surface area contributed by atoms with Gasteiger partial charge in [-0.3, -0.25) is 14.8 Å². The van der Waals surface area contributed by atoms with Gasteiger partial charge >= 0.3 is 0 Å². The summed E-state index contributed by atoms with van der Waals surface area (Å²) in [5.41, 5.74) is 1.38. The number of pyridine rings is 2. The summed E-state index contributed by atoms with van der Waals surface area (Å²) in [5.74, 6) is -0.201. The molecular formula is C23H17N2O3P. The summed E-state index contributed by atoms with van der Waals surface area (Å²) >= 11 is 0. The molecule has 6 heteroatoms. The molecule has 0 aliphatic heterocycles. The number of rotatable bonds is 6. The minimum absolute atomic E-state index is 0.173. The fraction of sp³-hybridized carbons (Fsp3) is 0. The van der Waals surface area contributed by atoms with E-state index in [-0.39, 0.29) is 11.5 Å². The molecule has 0 amide bonds. The maximum atomic E-state index is 14.6. The van der Waals surface area contributed by atoms with Crippen molar-refractivity contribution in [1.29, 1.82) is 0 Å². The van der Waals surface area contributed by atoms with Crippen LogP contribution in [-0.2, 0) is 4.57 Å². The van der Waals surface area contributed by atoms with Crippen molar-refractivity contribution < 1.29 is 13.8 Å². The zero-order valence-electron chi connectivity index (χ0n) is 15.4. The Morgan fingerprint density at radius 2 is 1.41 bits per heavy atom. The summed E-state index contributed by atoms with van der Waals surface area (Å²) in [4.78, 5) is 21.6. The highest BCUT2D eigenvalue weighted by atomic mass is 31.2. The second-order valence-electron chi connectivity index (χ2n) is 6.22. The summed E-state index contributed by atoms with van der Waals surface area (Å²) in [6, 6.07) is 22.8. The Morgan fingerprint density at radius 3 is 1.93 bits per heavy atom. The first-order chi connectivity index (χ1) is 14.2. The van der Waals surface area contributed by atoms with Crippen LogP contribution in [-0.4, -0.2) is 15.8 Å². The number of carbonyl (C=O) groups is 1. The summed E-state index contributed by atoms with van der Waals surface area (Å²) in [5, 5.41) is 0.358. The van der Waals surface area contributed by atoms with Crippen LogP contribution < -0.4 is 10.9 Å². The van der Waals surface area contributed by atoms with Crippen LogP contribution in [0.1, 0.15) is 16.1 Å². The number of nitrogens with zero attached hydrogens (tertiary/aromatic N) is 2. The Bertz CT molecular complexity index is 1130. The van der Waals surface area contributed by atoms with E-state index < -0.39 is 7.14 Å². The third-order valence-electron chi connectivity index (χ3n) is 4.38. The molecule has 0 aliphatic rings. The minimum Gasteiger partial charge on any atom is -0.461 e.